The molecule has 1 saturated heterocycles. The highest BCUT2D eigenvalue weighted by Gasteiger charge is 2.49. The van der Waals surface area contributed by atoms with E-state index in [1.165, 1.54) is 31.2 Å². The van der Waals surface area contributed by atoms with Gasteiger partial charge >= 0.3 is 12.0 Å². The van der Waals surface area contributed by atoms with Gasteiger partial charge in [-0.3, -0.25) is 24.6 Å². The van der Waals surface area contributed by atoms with E-state index in [4.69, 9.17) is 4.74 Å². The van der Waals surface area contributed by atoms with Gasteiger partial charge in [-0.15, -0.1) is 0 Å². The van der Waals surface area contributed by atoms with Gasteiger partial charge in [0.05, 0.1) is 4.92 Å². The first-order valence-corrected chi connectivity index (χ1v) is 7.55. The molecule has 0 aromatic heterocycles. The van der Waals surface area contributed by atoms with Crippen molar-refractivity contribution in [3.8, 4) is 0 Å². The normalized spacial score (nSPS) is 20.4. The predicted molar refractivity (Wildman–Crippen MR) is 86.5 cm³/mol. The molecular formula is C16H19N3O6. The lowest BCUT2D eigenvalue weighted by Gasteiger charge is -2.23. The highest BCUT2D eigenvalue weighted by atomic mass is 16.6. The van der Waals surface area contributed by atoms with Gasteiger partial charge in [-0.1, -0.05) is 0 Å². The number of carbonyl (C=O) groups is 3. The molecule has 0 aliphatic carbocycles. The highest BCUT2D eigenvalue weighted by molar-refractivity contribution is 6.08. The number of amides is 3. The van der Waals surface area contributed by atoms with Crippen LogP contribution in [0.15, 0.2) is 24.3 Å². The highest BCUT2D eigenvalue weighted by Crippen LogP contribution is 2.30. The number of non-ortho nitro benzene ring substituents is 1. The van der Waals surface area contributed by atoms with Gasteiger partial charge < -0.3 is 10.1 Å². The van der Waals surface area contributed by atoms with Crippen LogP contribution >= 0.6 is 0 Å². The first kappa shape index (κ1) is 18.4. The van der Waals surface area contributed by atoms with E-state index >= 15 is 0 Å². The number of hydrogen-bond donors (Lipinski definition) is 1. The van der Waals surface area contributed by atoms with Gasteiger partial charge in [-0.2, -0.15) is 0 Å². The molecule has 1 atom stereocenters. The smallest absolute Gasteiger partial charge is 0.326 e. The maximum absolute atomic E-state index is 12.7. The third-order valence-electron chi connectivity index (χ3n) is 3.64. The fourth-order valence-corrected chi connectivity index (χ4v) is 2.46. The van der Waals surface area contributed by atoms with Crippen molar-refractivity contribution >= 4 is 23.6 Å². The minimum absolute atomic E-state index is 0.130. The van der Waals surface area contributed by atoms with E-state index in [-0.39, 0.29) is 5.69 Å². The number of nitrogens with one attached hydrogen (secondary N) is 1. The number of ether oxygens (including phenoxy) is 1. The van der Waals surface area contributed by atoms with Crippen LogP contribution in [0, 0.1) is 10.1 Å². The number of nitro benzene ring substituents is 1. The summed E-state index contributed by atoms with van der Waals surface area (Å²) in [5.74, 6) is -1.33. The summed E-state index contributed by atoms with van der Waals surface area (Å²) in [5.41, 5.74) is -1.90. The molecule has 134 valence electrons. The van der Waals surface area contributed by atoms with Crippen LogP contribution in [0.25, 0.3) is 0 Å². The van der Waals surface area contributed by atoms with Gasteiger partial charge in [0.1, 0.15) is 17.7 Å². The number of rotatable bonds is 4. The lowest BCUT2D eigenvalue weighted by atomic mass is 9.92. The standard InChI is InChI=1S/C16H19N3O6/c1-15(2,3)25-12(20)9-18-13(21)16(4,17-14(18)22)10-5-7-11(8-6-10)19(23)24/h5-8H,9H2,1-4H3,(H,17,22)/t16-/m1/s1. The van der Waals surface area contributed by atoms with Crippen molar-refractivity contribution in [3.05, 3.63) is 39.9 Å². The lowest BCUT2D eigenvalue weighted by molar-refractivity contribution is -0.384. The quantitative estimate of drug-likeness (QED) is 0.382. The third kappa shape index (κ3) is 3.76. The molecule has 2 rings (SSSR count). The van der Waals surface area contributed by atoms with Crippen molar-refractivity contribution in [3.63, 3.8) is 0 Å². The zero-order valence-corrected chi connectivity index (χ0v) is 14.4. The maximum atomic E-state index is 12.7. The van der Waals surface area contributed by atoms with E-state index in [2.05, 4.69) is 5.32 Å². The topological polar surface area (TPSA) is 119 Å². The van der Waals surface area contributed by atoms with Crippen LogP contribution in [0.1, 0.15) is 33.3 Å². The van der Waals surface area contributed by atoms with Gasteiger partial charge in [-0.05, 0) is 45.4 Å². The Morgan fingerprint density at radius 3 is 2.32 bits per heavy atom. The Kier molecular flexibility index (Phi) is 4.52. The average molecular weight is 349 g/mol. The number of nitrogens with zero attached hydrogens (tertiary/aromatic N) is 2. The zero-order chi connectivity index (χ0) is 19.0. The summed E-state index contributed by atoms with van der Waals surface area (Å²) < 4.78 is 5.12. The third-order valence-corrected chi connectivity index (χ3v) is 3.64. The van der Waals surface area contributed by atoms with Crippen LogP contribution in [0.3, 0.4) is 0 Å². The van der Waals surface area contributed by atoms with Crippen molar-refractivity contribution in [2.45, 2.75) is 38.8 Å². The number of hydrogen-bond acceptors (Lipinski definition) is 6. The number of esters is 1. The molecule has 0 bridgehead atoms. The first-order valence-electron chi connectivity index (χ1n) is 7.55. The van der Waals surface area contributed by atoms with Crippen molar-refractivity contribution in [1.29, 1.82) is 0 Å². The van der Waals surface area contributed by atoms with Crippen LogP contribution < -0.4 is 5.32 Å². The number of carbonyl (C=O) groups excluding carboxylic acids is 3. The molecule has 1 N–H and O–H groups in total. The van der Waals surface area contributed by atoms with E-state index in [0.29, 0.717) is 5.56 Å². The molecule has 1 aliphatic heterocycles. The second kappa shape index (κ2) is 6.15. The molecule has 3 amide bonds. The van der Waals surface area contributed by atoms with Gasteiger partial charge in [0, 0.05) is 12.1 Å². The Labute approximate surface area is 144 Å². The molecule has 1 fully saturated rings. The summed E-state index contributed by atoms with van der Waals surface area (Å²) in [5, 5.41) is 13.2. The van der Waals surface area contributed by atoms with Gasteiger partial charge in [0.15, 0.2) is 0 Å². The second-order valence-electron chi connectivity index (χ2n) is 6.84. The molecule has 0 radical (unpaired) electrons. The summed E-state index contributed by atoms with van der Waals surface area (Å²) in [6.45, 7) is 6.00. The lowest BCUT2D eigenvalue weighted by Crippen LogP contribution is -2.42. The van der Waals surface area contributed by atoms with E-state index in [9.17, 15) is 24.5 Å². The molecule has 0 saturated carbocycles. The average Bonchev–Trinajstić information content (AvgIpc) is 2.70. The van der Waals surface area contributed by atoms with Crippen LogP contribution in [0.5, 0.6) is 0 Å². The molecule has 1 aliphatic rings. The van der Waals surface area contributed by atoms with E-state index < -0.39 is 40.5 Å². The molecule has 0 spiro atoms. The monoisotopic (exact) mass is 349 g/mol. The molecule has 0 unspecified atom stereocenters. The van der Waals surface area contributed by atoms with Crippen LogP contribution in [0.4, 0.5) is 10.5 Å². The Morgan fingerprint density at radius 2 is 1.84 bits per heavy atom. The molecule has 9 nitrogen and oxygen atoms in total. The molecule has 9 heteroatoms. The molecule has 1 aromatic rings. The van der Waals surface area contributed by atoms with Gasteiger partial charge in [-0.25, -0.2) is 4.79 Å². The Balaban J connectivity index is 2.21. The summed E-state index contributed by atoms with van der Waals surface area (Å²) >= 11 is 0. The van der Waals surface area contributed by atoms with Gasteiger partial charge in [0.2, 0.25) is 0 Å². The fourth-order valence-electron chi connectivity index (χ4n) is 2.46. The minimum Gasteiger partial charge on any atom is -0.459 e. The largest absolute Gasteiger partial charge is 0.459 e. The van der Waals surface area contributed by atoms with Crippen molar-refractivity contribution in [2.75, 3.05) is 6.54 Å². The van der Waals surface area contributed by atoms with Crippen molar-refractivity contribution in [2.24, 2.45) is 0 Å². The van der Waals surface area contributed by atoms with Crippen LogP contribution in [-0.2, 0) is 19.9 Å². The molecule has 1 aromatic carbocycles. The molecule has 1 heterocycles. The van der Waals surface area contributed by atoms with Crippen molar-refractivity contribution < 1.29 is 24.0 Å². The van der Waals surface area contributed by atoms with Crippen LogP contribution in [-0.4, -0.2) is 39.9 Å². The number of imide groups is 1. The zero-order valence-electron chi connectivity index (χ0n) is 14.4. The minimum atomic E-state index is -1.41. The van der Waals surface area contributed by atoms with E-state index in [1.54, 1.807) is 20.8 Å². The Bertz CT molecular complexity index is 737. The SMILES string of the molecule is CC(C)(C)OC(=O)CN1C(=O)N[C@](C)(c2ccc([N+](=O)[O-])cc2)C1=O. The fraction of sp³-hybridized carbons (Fsp3) is 0.438. The van der Waals surface area contributed by atoms with E-state index in [1.807, 2.05) is 0 Å². The van der Waals surface area contributed by atoms with Crippen LogP contribution in [0.2, 0.25) is 0 Å². The number of urea groups is 1. The summed E-state index contributed by atoms with van der Waals surface area (Å²) in [6, 6.07) is 4.56. The summed E-state index contributed by atoms with van der Waals surface area (Å²) in [7, 11) is 0. The first-order chi connectivity index (χ1) is 11.4. The molecular weight excluding hydrogens is 330 g/mol. The Morgan fingerprint density at radius 1 is 1.28 bits per heavy atom. The second-order valence-corrected chi connectivity index (χ2v) is 6.84. The number of benzene rings is 1. The van der Waals surface area contributed by atoms with Crippen molar-refractivity contribution in [1.82, 2.24) is 10.2 Å². The maximum Gasteiger partial charge on any atom is 0.326 e. The van der Waals surface area contributed by atoms with Gasteiger partial charge in [0.25, 0.3) is 11.6 Å². The summed E-state index contributed by atoms with van der Waals surface area (Å²) in [4.78, 5) is 47.6. The van der Waals surface area contributed by atoms with E-state index in [0.717, 1.165) is 4.90 Å². The summed E-state index contributed by atoms with van der Waals surface area (Å²) in [6.07, 6.45) is 0. The molecule has 25 heavy (non-hydrogen) atoms. The Hall–Kier alpha value is -2.97. The predicted octanol–water partition coefficient (Wildman–Crippen LogP) is 1.70. The number of nitro groups is 1.